The molecule has 3 aromatic heterocycles. The number of hydrogen-bond acceptors (Lipinski definition) is 7. The summed E-state index contributed by atoms with van der Waals surface area (Å²) in [4.78, 5) is 10.2. The molecule has 2 aliphatic rings. The fraction of sp³-hybridized carbons (Fsp3) is 0.458. The fourth-order valence-corrected chi connectivity index (χ4v) is 5.10. The Bertz CT molecular complexity index is 1520. The molecule has 1 aromatic carbocycles. The number of anilines is 1. The van der Waals surface area contributed by atoms with Crippen molar-refractivity contribution >= 4 is 22.5 Å². The maximum atomic E-state index is 15.3. The number of aryl methyl sites for hydroxylation is 1. The molecule has 6 rings (SSSR count). The third-order valence-corrected chi connectivity index (χ3v) is 7.08. The van der Waals surface area contributed by atoms with Crippen LogP contribution in [0.2, 0.25) is 0 Å². The van der Waals surface area contributed by atoms with E-state index in [1.807, 2.05) is 0 Å². The number of nitrogens with one attached hydrogen (secondary N) is 1. The molecule has 0 aliphatic carbocycles. The molecular formula is C24H24F5N7O2. The lowest BCUT2D eigenvalue weighted by Gasteiger charge is -2.34. The van der Waals surface area contributed by atoms with Crippen molar-refractivity contribution in [1.29, 1.82) is 0 Å². The zero-order chi connectivity index (χ0) is 26.8. The molecule has 4 aromatic rings. The van der Waals surface area contributed by atoms with Gasteiger partial charge in [0.25, 0.3) is 12.3 Å². The van der Waals surface area contributed by atoms with Gasteiger partial charge in [-0.2, -0.15) is 4.98 Å². The highest BCUT2D eigenvalue weighted by atomic mass is 19.3. The molecule has 9 nitrogen and oxygen atoms in total. The molecular weight excluding hydrogens is 513 g/mol. The summed E-state index contributed by atoms with van der Waals surface area (Å²) < 4.78 is 84.2. The molecule has 0 bridgehead atoms. The summed E-state index contributed by atoms with van der Waals surface area (Å²) in [6.07, 6.45) is -1.50. The van der Waals surface area contributed by atoms with Crippen LogP contribution in [0.25, 0.3) is 27.7 Å². The van der Waals surface area contributed by atoms with Gasteiger partial charge in [0.15, 0.2) is 5.82 Å². The monoisotopic (exact) mass is 537 g/mol. The van der Waals surface area contributed by atoms with Gasteiger partial charge in [-0.05, 0) is 24.6 Å². The molecule has 2 fully saturated rings. The van der Waals surface area contributed by atoms with Gasteiger partial charge in [-0.25, -0.2) is 31.5 Å². The normalized spacial score (nSPS) is 20.1. The highest BCUT2D eigenvalue weighted by Crippen LogP contribution is 2.37. The van der Waals surface area contributed by atoms with Crippen LogP contribution < -0.4 is 10.1 Å². The molecule has 1 N–H and O–H groups in total. The number of ether oxygens (including phenoxy) is 2. The first kappa shape index (κ1) is 24.8. The summed E-state index contributed by atoms with van der Waals surface area (Å²) in [5.74, 6) is -3.49. The molecule has 2 saturated heterocycles. The number of likely N-dealkylation sites (tertiary alicyclic amines) is 1. The topological polar surface area (TPSA) is 81.7 Å². The minimum absolute atomic E-state index is 0.0377. The van der Waals surface area contributed by atoms with Crippen LogP contribution >= 0.6 is 0 Å². The van der Waals surface area contributed by atoms with E-state index in [-0.39, 0.29) is 35.5 Å². The van der Waals surface area contributed by atoms with Crippen molar-refractivity contribution < 1.29 is 31.4 Å². The largest absolute Gasteiger partial charge is 0.479 e. The number of fused-ring (bicyclic) bond motifs is 2. The first-order valence-corrected chi connectivity index (χ1v) is 12.0. The van der Waals surface area contributed by atoms with Gasteiger partial charge in [0.05, 0.1) is 62.2 Å². The van der Waals surface area contributed by atoms with Gasteiger partial charge in [0.1, 0.15) is 17.4 Å². The summed E-state index contributed by atoms with van der Waals surface area (Å²) in [7, 11) is 1.33. The second-order valence-electron chi connectivity index (χ2n) is 9.53. The number of methoxy groups -OCH3 is 1. The Kier molecular flexibility index (Phi) is 5.90. The van der Waals surface area contributed by atoms with Crippen molar-refractivity contribution in [3.05, 3.63) is 36.0 Å². The molecule has 0 amide bonds. The van der Waals surface area contributed by atoms with E-state index in [1.54, 1.807) is 30.0 Å². The van der Waals surface area contributed by atoms with Crippen molar-refractivity contribution in [3.63, 3.8) is 0 Å². The van der Waals surface area contributed by atoms with E-state index in [1.165, 1.54) is 16.2 Å². The molecule has 5 heterocycles. The molecule has 202 valence electrons. The Labute approximate surface area is 213 Å². The van der Waals surface area contributed by atoms with Gasteiger partial charge in [0, 0.05) is 6.54 Å². The second kappa shape index (κ2) is 9.05. The summed E-state index contributed by atoms with van der Waals surface area (Å²) in [5, 5.41) is 6.92. The maximum Gasteiger partial charge on any atom is 0.281 e. The predicted octanol–water partition coefficient (Wildman–Crippen LogP) is 3.60. The molecule has 0 spiro atoms. The minimum Gasteiger partial charge on any atom is -0.479 e. The first-order chi connectivity index (χ1) is 18.1. The summed E-state index contributed by atoms with van der Waals surface area (Å²) in [5.41, 5.74) is 1.53. The third kappa shape index (κ3) is 4.11. The average Bonchev–Trinajstić information content (AvgIpc) is 3.41. The number of nitrogens with zero attached hydrogens (tertiary/aromatic N) is 6. The fourth-order valence-electron chi connectivity index (χ4n) is 5.10. The van der Waals surface area contributed by atoms with Crippen LogP contribution in [0.15, 0.2) is 24.4 Å². The van der Waals surface area contributed by atoms with Crippen LogP contribution in [0.1, 0.15) is 5.82 Å². The van der Waals surface area contributed by atoms with Crippen LogP contribution in [0.5, 0.6) is 5.88 Å². The number of aromatic nitrogens is 5. The number of hydrogen-bond donors (Lipinski definition) is 1. The second-order valence-corrected chi connectivity index (χ2v) is 9.53. The minimum atomic E-state index is -3.04. The number of alkyl halides is 4. The highest BCUT2D eigenvalue weighted by molar-refractivity contribution is 5.90. The average molecular weight is 537 g/mol. The number of benzene rings is 1. The zero-order valence-corrected chi connectivity index (χ0v) is 20.5. The van der Waals surface area contributed by atoms with Gasteiger partial charge >= 0.3 is 0 Å². The Morgan fingerprint density at radius 1 is 1.24 bits per heavy atom. The summed E-state index contributed by atoms with van der Waals surface area (Å²) >= 11 is 0. The third-order valence-electron chi connectivity index (χ3n) is 7.08. The molecule has 38 heavy (non-hydrogen) atoms. The van der Waals surface area contributed by atoms with E-state index in [4.69, 9.17) is 9.47 Å². The van der Waals surface area contributed by atoms with Crippen molar-refractivity contribution in [2.24, 2.45) is 0 Å². The lowest BCUT2D eigenvalue weighted by atomic mass is 10.1. The summed E-state index contributed by atoms with van der Waals surface area (Å²) in [6.45, 7) is 1.56. The highest BCUT2D eigenvalue weighted by Gasteiger charge is 2.51. The molecule has 14 heteroatoms. The van der Waals surface area contributed by atoms with Gasteiger partial charge in [0.2, 0.25) is 11.8 Å². The Hall–Kier alpha value is -3.52. The van der Waals surface area contributed by atoms with Gasteiger partial charge in [-0.1, -0.05) is 6.07 Å². The van der Waals surface area contributed by atoms with Crippen LogP contribution in [0, 0.1) is 12.7 Å². The smallest absolute Gasteiger partial charge is 0.281 e. The first-order valence-electron chi connectivity index (χ1n) is 12.0. The Morgan fingerprint density at radius 2 is 2.03 bits per heavy atom. The van der Waals surface area contributed by atoms with Gasteiger partial charge in [-0.3, -0.25) is 4.90 Å². The standard InChI is InChI=1S/C24H24F5N7O2/c1-12-30-16-4-3-13(5-17(16)35(12)8-19(26)27)20-15(25)6-36-21(20)22(37-2)32-23(33-36)31-18-7-34(11-24(18,28)29)14-9-38-10-14/h3-6,14,18-19H,7-11H2,1-2H3,(H,31,33). The van der Waals surface area contributed by atoms with E-state index in [2.05, 4.69) is 20.4 Å². The van der Waals surface area contributed by atoms with Crippen molar-refractivity contribution in [3.8, 4) is 17.0 Å². The van der Waals surface area contributed by atoms with E-state index in [9.17, 15) is 17.6 Å². The SMILES string of the molecule is COc1nc(NC2CN(C3COC3)CC2(F)F)nn2cc(F)c(-c3ccc4nc(C)n(CC(F)F)c4c3)c12. The predicted molar refractivity (Wildman–Crippen MR) is 128 cm³/mol. The quantitative estimate of drug-likeness (QED) is 0.361. The molecule has 0 radical (unpaired) electrons. The van der Waals surface area contributed by atoms with Crippen LogP contribution in [0.3, 0.4) is 0 Å². The van der Waals surface area contributed by atoms with Crippen molar-refractivity contribution in [2.45, 2.75) is 37.9 Å². The number of rotatable bonds is 7. The lowest BCUT2D eigenvalue weighted by molar-refractivity contribution is -0.0711. The van der Waals surface area contributed by atoms with E-state index < -0.39 is 37.3 Å². The van der Waals surface area contributed by atoms with E-state index >= 15 is 4.39 Å². The van der Waals surface area contributed by atoms with Crippen LogP contribution in [0.4, 0.5) is 27.9 Å². The van der Waals surface area contributed by atoms with E-state index in [0.29, 0.717) is 35.6 Å². The van der Waals surface area contributed by atoms with Crippen LogP contribution in [-0.4, -0.2) is 86.9 Å². The summed E-state index contributed by atoms with van der Waals surface area (Å²) in [6, 6.07) is 3.49. The lowest BCUT2D eigenvalue weighted by Crippen LogP contribution is -2.48. The molecule has 1 unspecified atom stereocenters. The van der Waals surface area contributed by atoms with Crippen molar-refractivity contribution in [1.82, 2.24) is 29.0 Å². The molecule has 0 saturated carbocycles. The molecule has 1 atom stereocenters. The number of imidazole rings is 1. The van der Waals surface area contributed by atoms with E-state index in [0.717, 1.165) is 6.20 Å². The van der Waals surface area contributed by atoms with Crippen molar-refractivity contribution in [2.75, 3.05) is 38.7 Å². The Balaban J connectivity index is 1.38. The molecule has 2 aliphatic heterocycles. The van der Waals surface area contributed by atoms with Gasteiger partial charge < -0.3 is 19.4 Å². The maximum absolute atomic E-state index is 15.3. The van der Waals surface area contributed by atoms with Gasteiger partial charge in [-0.15, -0.1) is 5.10 Å². The number of halogens is 5. The van der Waals surface area contributed by atoms with Crippen LogP contribution in [-0.2, 0) is 11.3 Å². The zero-order valence-electron chi connectivity index (χ0n) is 20.5. The Morgan fingerprint density at radius 3 is 2.71 bits per heavy atom.